The van der Waals surface area contributed by atoms with E-state index in [2.05, 4.69) is 28.9 Å². The van der Waals surface area contributed by atoms with E-state index in [0.717, 1.165) is 25.0 Å². The number of aromatic nitrogens is 2. The topological polar surface area (TPSA) is 41.9 Å². The van der Waals surface area contributed by atoms with E-state index >= 15 is 0 Å². The second-order valence-corrected chi connectivity index (χ2v) is 6.14. The first-order valence-corrected chi connectivity index (χ1v) is 7.79. The number of aryl methyl sites for hydroxylation is 1. The zero-order chi connectivity index (χ0) is 13.1. The van der Waals surface area contributed by atoms with E-state index in [1.54, 1.807) is 0 Å². The van der Waals surface area contributed by atoms with E-state index in [9.17, 15) is 0 Å². The van der Waals surface area contributed by atoms with Crippen molar-refractivity contribution in [3.05, 3.63) is 18.0 Å². The first-order chi connectivity index (χ1) is 9.33. The van der Waals surface area contributed by atoms with Crippen LogP contribution in [0.25, 0.3) is 0 Å². The Labute approximate surface area is 116 Å². The molecule has 2 fully saturated rings. The molecule has 1 aromatic heterocycles. The van der Waals surface area contributed by atoms with E-state index in [0.29, 0.717) is 6.04 Å². The highest BCUT2D eigenvalue weighted by Crippen LogP contribution is 2.31. The molecule has 1 saturated carbocycles. The Kier molecular flexibility index (Phi) is 4.18. The van der Waals surface area contributed by atoms with E-state index < -0.39 is 0 Å². The quantitative estimate of drug-likeness (QED) is 0.849. The van der Waals surface area contributed by atoms with Crippen molar-refractivity contribution in [1.29, 1.82) is 0 Å². The van der Waals surface area contributed by atoms with Gasteiger partial charge in [0.2, 0.25) is 0 Å². The molecule has 0 spiro atoms. The highest BCUT2D eigenvalue weighted by atomic mass is 15.3. The summed E-state index contributed by atoms with van der Waals surface area (Å²) in [7, 11) is 0. The lowest BCUT2D eigenvalue weighted by molar-refractivity contribution is 0.316. The summed E-state index contributed by atoms with van der Waals surface area (Å²) >= 11 is 0. The van der Waals surface area contributed by atoms with Gasteiger partial charge >= 0.3 is 0 Å². The molecule has 1 aromatic rings. The molecule has 0 radical (unpaired) electrons. The molecule has 1 saturated heterocycles. The van der Waals surface area contributed by atoms with Gasteiger partial charge in [0, 0.05) is 24.8 Å². The third-order valence-corrected chi connectivity index (χ3v) is 4.69. The molecule has 0 bridgehead atoms. The minimum atomic E-state index is 0.715. The summed E-state index contributed by atoms with van der Waals surface area (Å²) in [6, 6.07) is 1.49. The third-order valence-electron chi connectivity index (χ3n) is 4.69. The van der Waals surface area contributed by atoms with Crippen LogP contribution in [0.4, 0.5) is 0 Å². The Balaban J connectivity index is 1.46. The summed E-state index contributed by atoms with van der Waals surface area (Å²) < 4.78 is 2.04. The normalized spacial score (nSPS) is 31.1. The molecule has 0 aromatic carbocycles. The molecule has 19 heavy (non-hydrogen) atoms. The first-order valence-electron chi connectivity index (χ1n) is 7.79. The minimum Gasteiger partial charge on any atom is -0.314 e. The first kappa shape index (κ1) is 13.1. The van der Waals surface area contributed by atoms with Crippen molar-refractivity contribution in [2.24, 2.45) is 5.92 Å². The Morgan fingerprint density at radius 1 is 1.37 bits per heavy atom. The molecule has 1 aliphatic carbocycles. The van der Waals surface area contributed by atoms with Crippen LogP contribution in [0.1, 0.15) is 37.7 Å². The van der Waals surface area contributed by atoms with Crippen LogP contribution in [0.15, 0.2) is 12.4 Å². The molecule has 106 valence electrons. The van der Waals surface area contributed by atoms with E-state index in [1.807, 2.05) is 10.9 Å². The van der Waals surface area contributed by atoms with E-state index in [4.69, 9.17) is 0 Å². The summed E-state index contributed by atoms with van der Waals surface area (Å²) in [5.74, 6) is 0.849. The number of nitrogens with one attached hydrogen (secondary N) is 2. The average Bonchev–Trinajstić information content (AvgIpc) is 3.09. The van der Waals surface area contributed by atoms with E-state index in [-0.39, 0.29) is 0 Å². The van der Waals surface area contributed by atoms with Crippen molar-refractivity contribution in [3.8, 4) is 0 Å². The number of rotatable bonds is 5. The highest BCUT2D eigenvalue weighted by molar-refractivity contribution is 4.99. The van der Waals surface area contributed by atoms with Gasteiger partial charge < -0.3 is 10.6 Å². The molecule has 2 aliphatic rings. The molecular formula is C15H26N4. The lowest BCUT2D eigenvalue weighted by atomic mass is 9.93. The molecule has 3 rings (SSSR count). The van der Waals surface area contributed by atoms with Crippen molar-refractivity contribution in [2.75, 3.05) is 13.1 Å². The Morgan fingerprint density at radius 2 is 2.32 bits per heavy atom. The van der Waals surface area contributed by atoms with Gasteiger partial charge in [0.15, 0.2) is 0 Å². The minimum absolute atomic E-state index is 0.715. The summed E-state index contributed by atoms with van der Waals surface area (Å²) in [6.45, 7) is 5.33. The molecule has 4 heteroatoms. The standard InChI is InChI=1S/C15H26N4/c1-12-10-18-19(11-12)9-8-17-14-5-2-4-13(14)15-6-3-7-16-15/h10-11,13-17H,2-9H2,1H3. The van der Waals surface area contributed by atoms with E-state index in [1.165, 1.54) is 44.2 Å². The predicted molar refractivity (Wildman–Crippen MR) is 77.1 cm³/mol. The molecule has 2 N–H and O–H groups in total. The van der Waals surface area contributed by atoms with Gasteiger partial charge in [0.1, 0.15) is 0 Å². The van der Waals surface area contributed by atoms with Crippen molar-refractivity contribution >= 4 is 0 Å². The van der Waals surface area contributed by atoms with Gasteiger partial charge in [0.05, 0.1) is 12.7 Å². The monoisotopic (exact) mass is 262 g/mol. The second kappa shape index (κ2) is 6.06. The van der Waals surface area contributed by atoms with Gasteiger partial charge in [-0.1, -0.05) is 6.42 Å². The smallest absolute Gasteiger partial charge is 0.0534 e. The molecule has 3 atom stereocenters. The maximum absolute atomic E-state index is 4.34. The largest absolute Gasteiger partial charge is 0.314 e. The fourth-order valence-electron chi connectivity index (χ4n) is 3.75. The summed E-state index contributed by atoms with van der Waals surface area (Å²) in [5, 5.41) is 11.8. The third kappa shape index (κ3) is 3.18. The van der Waals surface area contributed by atoms with Crippen LogP contribution < -0.4 is 10.6 Å². The lowest BCUT2D eigenvalue weighted by Crippen LogP contribution is -2.43. The fraction of sp³-hybridized carbons (Fsp3) is 0.800. The van der Waals surface area contributed by atoms with Crippen LogP contribution in [0.3, 0.4) is 0 Å². The van der Waals surface area contributed by atoms with Crippen LogP contribution in [0.5, 0.6) is 0 Å². The van der Waals surface area contributed by atoms with Gasteiger partial charge in [-0.3, -0.25) is 4.68 Å². The number of nitrogens with zero attached hydrogens (tertiary/aromatic N) is 2. The van der Waals surface area contributed by atoms with Crippen molar-refractivity contribution in [3.63, 3.8) is 0 Å². The molecule has 1 aliphatic heterocycles. The zero-order valence-corrected chi connectivity index (χ0v) is 11.9. The molecule has 0 amide bonds. The van der Waals surface area contributed by atoms with Crippen LogP contribution >= 0.6 is 0 Å². The second-order valence-electron chi connectivity index (χ2n) is 6.14. The molecular weight excluding hydrogens is 236 g/mol. The Bertz CT molecular complexity index is 395. The number of hydrogen-bond donors (Lipinski definition) is 2. The SMILES string of the molecule is Cc1cnn(CCNC2CCCC2C2CCCN2)c1. The summed E-state index contributed by atoms with van der Waals surface area (Å²) in [4.78, 5) is 0. The summed E-state index contributed by atoms with van der Waals surface area (Å²) in [5.41, 5.74) is 1.24. The lowest BCUT2D eigenvalue weighted by Gasteiger charge is -2.26. The fourth-order valence-corrected chi connectivity index (χ4v) is 3.75. The van der Waals surface area contributed by atoms with Crippen molar-refractivity contribution in [2.45, 2.75) is 57.7 Å². The molecule has 4 nitrogen and oxygen atoms in total. The van der Waals surface area contributed by atoms with Gasteiger partial charge in [-0.25, -0.2) is 0 Å². The van der Waals surface area contributed by atoms with Crippen LogP contribution in [0, 0.1) is 12.8 Å². The molecule has 2 heterocycles. The van der Waals surface area contributed by atoms with Crippen molar-refractivity contribution < 1.29 is 0 Å². The number of hydrogen-bond acceptors (Lipinski definition) is 3. The van der Waals surface area contributed by atoms with Crippen LogP contribution in [0.2, 0.25) is 0 Å². The average molecular weight is 262 g/mol. The Morgan fingerprint density at radius 3 is 3.05 bits per heavy atom. The van der Waals surface area contributed by atoms with Gasteiger partial charge in [0.25, 0.3) is 0 Å². The van der Waals surface area contributed by atoms with Gasteiger partial charge in [-0.2, -0.15) is 5.10 Å². The summed E-state index contributed by atoms with van der Waals surface area (Å²) in [6.07, 6.45) is 10.9. The Hall–Kier alpha value is -0.870. The maximum atomic E-state index is 4.34. The van der Waals surface area contributed by atoms with Gasteiger partial charge in [-0.05, 0) is 50.6 Å². The predicted octanol–water partition coefficient (Wildman–Crippen LogP) is 1.70. The van der Waals surface area contributed by atoms with Crippen molar-refractivity contribution in [1.82, 2.24) is 20.4 Å². The maximum Gasteiger partial charge on any atom is 0.0534 e. The highest BCUT2D eigenvalue weighted by Gasteiger charge is 2.34. The zero-order valence-electron chi connectivity index (χ0n) is 11.9. The van der Waals surface area contributed by atoms with Crippen LogP contribution in [-0.4, -0.2) is 35.0 Å². The molecule has 3 unspecified atom stereocenters. The van der Waals surface area contributed by atoms with Gasteiger partial charge in [-0.15, -0.1) is 0 Å². The van der Waals surface area contributed by atoms with Crippen LogP contribution in [-0.2, 0) is 6.54 Å².